The molecule has 0 aliphatic carbocycles. The highest BCUT2D eigenvalue weighted by molar-refractivity contribution is 4.89. The van der Waals surface area contributed by atoms with Crippen LogP contribution >= 0.6 is 0 Å². The molecule has 4 nitrogen and oxygen atoms in total. The normalized spacial score (nSPS) is 25.5. The van der Waals surface area contributed by atoms with E-state index in [1.165, 1.54) is 19.3 Å². The molecule has 1 unspecified atom stereocenters. The molecule has 0 aromatic heterocycles. The molecule has 0 saturated carbocycles. The maximum Gasteiger partial charge on any atom is 0.101 e. The lowest BCUT2D eigenvalue weighted by Crippen LogP contribution is -2.56. The van der Waals surface area contributed by atoms with Gasteiger partial charge >= 0.3 is 0 Å². The Hall–Kier alpha value is -0.160. The minimum absolute atomic E-state index is 0.124. The van der Waals surface area contributed by atoms with Crippen molar-refractivity contribution in [3.63, 3.8) is 0 Å². The summed E-state index contributed by atoms with van der Waals surface area (Å²) < 4.78 is 18.1. The maximum atomic E-state index is 6.17. The van der Waals surface area contributed by atoms with Crippen molar-refractivity contribution < 1.29 is 14.2 Å². The quantitative estimate of drug-likeness (QED) is 0.528. The standard InChI is InChI=1S/C18H37NO3/c1-4-7-12-20-15-16-18(22-14-9-6-3)17(10-11-19-16)21-13-8-5-2/h16-19H,4-15H2,1-3H3/t16?,17-,18+/m1/s1. The van der Waals surface area contributed by atoms with E-state index in [1.807, 2.05) is 0 Å². The van der Waals surface area contributed by atoms with Crippen molar-refractivity contribution in [3.05, 3.63) is 0 Å². The van der Waals surface area contributed by atoms with Gasteiger partial charge < -0.3 is 19.5 Å². The first-order valence-electron chi connectivity index (χ1n) is 9.37. The molecule has 0 radical (unpaired) electrons. The van der Waals surface area contributed by atoms with Crippen LogP contribution in [0.1, 0.15) is 65.7 Å². The van der Waals surface area contributed by atoms with E-state index in [0.29, 0.717) is 0 Å². The zero-order chi connectivity index (χ0) is 16.0. The van der Waals surface area contributed by atoms with Crippen LogP contribution in [0.4, 0.5) is 0 Å². The van der Waals surface area contributed by atoms with Crippen molar-refractivity contribution in [2.75, 3.05) is 33.0 Å². The average Bonchev–Trinajstić information content (AvgIpc) is 2.54. The van der Waals surface area contributed by atoms with Gasteiger partial charge in [-0.15, -0.1) is 0 Å². The number of unbranched alkanes of at least 4 members (excludes halogenated alkanes) is 3. The molecule has 3 atom stereocenters. The van der Waals surface area contributed by atoms with Crippen LogP contribution in [-0.4, -0.2) is 51.2 Å². The third kappa shape index (κ3) is 7.91. The highest BCUT2D eigenvalue weighted by Crippen LogP contribution is 2.19. The van der Waals surface area contributed by atoms with Crippen LogP contribution in [0.5, 0.6) is 0 Å². The molecule has 4 heteroatoms. The van der Waals surface area contributed by atoms with Crippen LogP contribution in [0.15, 0.2) is 0 Å². The molecule has 1 aliphatic rings. The zero-order valence-electron chi connectivity index (χ0n) is 14.9. The van der Waals surface area contributed by atoms with E-state index in [-0.39, 0.29) is 18.2 Å². The van der Waals surface area contributed by atoms with Crippen molar-refractivity contribution in [2.24, 2.45) is 0 Å². The molecule has 132 valence electrons. The summed E-state index contributed by atoms with van der Waals surface area (Å²) in [5, 5.41) is 3.56. The Balaban J connectivity index is 2.45. The molecule has 0 aromatic rings. The smallest absolute Gasteiger partial charge is 0.101 e. The molecule has 22 heavy (non-hydrogen) atoms. The second kappa shape index (κ2) is 13.3. The van der Waals surface area contributed by atoms with Crippen molar-refractivity contribution in [2.45, 2.75) is 84.0 Å². The highest BCUT2D eigenvalue weighted by Gasteiger charge is 2.34. The Morgan fingerprint density at radius 3 is 2.18 bits per heavy atom. The van der Waals surface area contributed by atoms with Crippen molar-refractivity contribution in [1.29, 1.82) is 0 Å². The van der Waals surface area contributed by atoms with Gasteiger partial charge in [0.2, 0.25) is 0 Å². The lowest BCUT2D eigenvalue weighted by atomic mass is 9.98. The zero-order valence-corrected chi connectivity index (χ0v) is 14.9. The number of ether oxygens (including phenoxy) is 3. The van der Waals surface area contributed by atoms with Crippen LogP contribution < -0.4 is 5.32 Å². The molecule has 1 saturated heterocycles. The van der Waals surface area contributed by atoms with E-state index < -0.39 is 0 Å². The summed E-state index contributed by atoms with van der Waals surface area (Å²) in [5.74, 6) is 0. The number of hydrogen-bond donors (Lipinski definition) is 1. The first kappa shape index (κ1) is 19.9. The van der Waals surface area contributed by atoms with E-state index in [1.54, 1.807) is 0 Å². The summed E-state index contributed by atoms with van der Waals surface area (Å²) in [4.78, 5) is 0. The summed E-state index contributed by atoms with van der Waals surface area (Å²) in [6.45, 7) is 10.8. The van der Waals surface area contributed by atoms with Gasteiger partial charge in [0.1, 0.15) is 6.10 Å². The van der Waals surface area contributed by atoms with Crippen LogP contribution in [-0.2, 0) is 14.2 Å². The second-order valence-electron chi connectivity index (χ2n) is 6.23. The van der Waals surface area contributed by atoms with Crippen LogP contribution in [0.3, 0.4) is 0 Å². The van der Waals surface area contributed by atoms with E-state index in [4.69, 9.17) is 14.2 Å². The minimum Gasteiger partial charge on any atom is -0.380 e. The predicted molar refractivity (Wildman–Crippen MR) is 91.4 cm³/mol. The topological polar surface area (TPSA) is 39.7 Å². The van der Waals surface area contributed by atoms with Gasteiger partial charge in [-0.05, 0) is 32.2 Å². The van der Waals surface area contributed by atoms with E-state index in [0.717, 1.165) is 58.7 Å². The van der Waals surface area contributed by atoms with E-state index in [2.05, 4.69) is 26.1 Å². The monoisotopic (exact) mass is 315 g/mol. The van der Waals surface area contributed by atoms with Crippen molar-refractivity contribution >= 4 is 0 Å². The van der Waals surface area contributed by atoms with E-state index in [9.17, 15) is 0 Å². The summed E-state index contributed by atoms with van der Waals surface area (Å²) in [5.41, 5.74) is 0. The van der Waals surface area contributed by atoms with Crippen LogP contribution in [0, 0.1) is 0 Å². The number of piperidine rings is 1. The fourth-order valence-electron chi connectivity index (χ4n) is 2.71. The first-order chi connectivity index (χ1) is 10.8. The second-order valence-corrected chi connectivity index (χ2v) is 6.23. The van der Waals surface area contributed by atoms with Crippen molar-refractivity contribution in [3.8, 4) is 0 Å². The molecule has 1 N–H and O–H groups in total. The fourth-order valence-corrected chi connectivity index (χ4v) is 2.71. The molecule has 1 rings (SSSR count). The number of hydrogen-bond acceptors (Lipinski definition) is 4. The third-order valence-corrected chi connectivity index (χ3v) is 4.18. The molecular weight excluding hydrogens is 278 g/mol. The SMILES string of the molecule is CCCCOCC1NCC[C@@H](OCCCC)[C@H]1OCCCC. The van der Waals surface area contributed by atoms with Gasteiger partial charge in [-0.1, -0.05) is 40.0 Å². The Morgan fingerprint density at radius 1 is 0.864 bits per heavy atom. The fraction of sp³-hybridized carbons (Fsp3) is 1.00. The van der Waals surface area contributed by atoms with Crippen LogP contribution in [0.2, 0.25) is 0 Å². The molecular formula is C18H37NO3. The predicted octanol–water partition coefficient (Wildman–Crippen LogP) is 3.54. The summed E-state index contributed by atoms with van der Waals surface area (Å²) in [6.07, 6.45) is 8.26. The first-order valence-corrected chi connectivity index (χ1v) is 9.37. The number of rotatable bonds is 13. The summed E-state index contributed by atoms with van der Waals surface area (Å²) in [7, 11) is 0. The van der Waals surface area contributed by atoms with Gasteiger partial charge in [0.25, 0.3) is 0 Å². The molecule has 1 aliphatic heterocycles. The van der Waals surface area contributed by atoms with Gasteiger partial charge in [-0.2, -0.15) is 0 Å². The molecule has 0 amide bonds. The van der Waals surface area contributed by atoms with Gasteiger partial charge in [0.05, 0.1) is 18.8 Å². The van der Waals surface area contributed by atoms with E-state index >= 15 is 0 Å². The van der Waals surface area contributed by atoms with Gasteiger partial charge in [-0.25, -0.2) is 0 Å². The van der Waals surface area contributed by atoms with Crippen LogP contribution in [0.25, 0.3) is 0 Å². The molecule has 0 spiro atoms. The lowest BCUT2D eigenvalue weighted by Gasteiger charge is -2.38. The Bertz CT molecular complexity index is 250. The summed E-state index contributed by atoms with van der Waals surface area (Å²) in [6, 6.07) is 0.258. The summed E-state index contributed by atoms with van der Waals surface area (Å²) >= 11 is 0. The van der Waals surface area contributed by atoms with Gasteiger partial charge in [0.15, 0.2) is 0 Å². The highest BCUT2D eigenvalue weighted by atomic mass is 16.5. The molecule has 0 bridgehead atoms. The Morgan fingerprint density at radius 2 is 1.50 bits per heavy atom. The van der Waals surface area contributed by atoms with Gasteiger partial charge in [-0.3, -0.25) is 0 Å². The molecule has 0 aromatic carbocycles. The van der Waals surface area contributed by atoms with Gasteiger partial charge in [0, 0.05) is 19.8 Å². The molecule has 1 fully saturated rings. The Labute approximate surface area is 137 Å². The Kier molecular flexibility index (Phi) is 12.0. The van der Waals surface area contributed by atoms with Crippen molar-refractivity contribution in [1.82, 2.24) is 5.32 Å². The molecule has 1 heterocycles. The largest absolute Gasteiger partial charge is 0.380 e. The maximum absolute atomic E-state index is 6.17. The average molecular weight is 315 g/mol. The lowest BCUT2D eigenvalue weighted by molar-refractivity contribution is -0.115. The minimum atomic E-state index is 0.124. The number of nitrogens with one attached hydrogen (secondary N) is 1. The third-order valence-electron chi connectivity index (χ3n) is 4.18.